The van der Waals surface area contributed by atoms with E-state index in [0.717, 1.165) is 48.8 Å². The van der Waals surface area contributed by atoms with Crippen LogP contribution in [0.4, 0.5) is 5.69 Å². The molecule has 0 unspecified atom stereocenters. The first kappa shape index (κ1) is 16.6. The second-order valence-electron chi connectivity index (χ2n) is 5.70. The van der Waals surface area contributed by atoms with Gasteiger partial charge in [0, 0.05) is 26.1 Å². The average Bonchev–Trinajstić information content (AvgIpc) is 2.37. The Kier molecular flexibility index (Phi) is 6.65. The Morgan fingerprint density at radius 2 is 2.15 bits per heavy atom. The Hall–Kier alpha value is -1.42. The number of hydrogen-bond acceptors (Lipinski definition) is 4. The van der Waals surface area contributed by atoms with Gasteiger partial charge in [0.25, 0.3) is 0 Å². The Morgan fingerprint density at radius 1 is 1.45 bits per heavy atom. The van der Waals surface area contributed by atoms with Crippen molar-refractivity contribution in [3.63, 3.8) is 0 Å². The highest BCUT2D eigenvalue weighted by Gasteiger charge is 2.12. The minimum absolute atomic E-state index is 0.348. The number of rotatable bonds is 8. The molecule has 1 N–H and O–H groups in total. The van der Waals surface area contributed by atoms with Crippen molar-refractivity contribution in [3.05, 3.63) is 29.9 Å². The van der Waals surface area contributed by atoms with Crippen molar-refractivity contribution in [1.82, 2.24) is 15.3 Å². The Morgan fingerprint density at radius 3 is 2.70 bits per heavy atom. The second kappa shape index (κ2) is 8.00. The molecule has 0 fully saturated rings. The molecule has 0 aromatic carbocycles. The molecule has 0 amide bonds. The highest BCUT2D eigenvalue weighted by atomic mass is 15.1. The van der Waals surface area contributed by atoms with Crippen LogP contribution < -0.4 is 10.2 Å². The molecule has 1 rings (SSSR count). The van der Waals surface area contributed by atoms with Crippen LogP contribution in [0.3, 0.4) is 0 Å². The molecule has 0 bridgehead atoms. The van der Waals surface area contributed by atoms with Gasteiger partial charge < -0.3 is 10.2 Å². The van der Waals surface area contributed by atoms with Crippen molar-refractivity contribution in [3.8, 4) is 0 Å². The Labute approximate surface area is 123 Å². The quantitative estimate of drug-likeness (QED) is 0.585. The molecule has 0 aliphatic carbocycles. The molecule has 0 aliphatic rings. The molecule has 1 aromatic rings. The smallest absolute Gasteiger partial charge is 0.131 e. The lowest BCUT2D eigenvalue weighted by atomic mass is 10.2. The van der Waals surface area contributed by atoms with Crippen LogP contribution in [0.5, 0.6) is 0 Å². The van der Waals surface area contributed by atoms with Crippen LogP contribution >= 0.6 is 0 Å². The van der Waals surface area contributed by atoms with E-state index in [-0.39, 0.29) is 0 Å². The fraction of sp³-hybridized carbons (Fsp3) is 0.625. The van der Waals surface area contributed by atoms with Gasteiger partial charge in [-0.2, -0.15) is 0 Å². The Balaban J connectivity index is 2.98. The summed E-state index contributed by atoms with van der Waals surface area (Å²) in [6.45, 7) is 15.0. The number of hydrogen-bond donors (Lipinski definition) is 1. The fourth-order valence-electron chi connectivity index (χ4n) is 2.03. The predicted molar refractivity (Wildman–Crippen MR) is 86.2 cm³/mol. The van der Waals surface area contributed by atoms with Gasteiger partial charge in [0.2, 0.25) is 0 Å². The highest BCUT2D eigenvalue weighted by Crippen LogP contribution is 2.20. The van der Waals surface area contributed by atoms with Gasteiger partial charge in [0.15, 0.2) is 0 Å². The lowest BCUT2D eigenvalue weighted by molar-refractivity contribution is 0.651. The molecule has 0 radical (unpaired) electrons. The zero-order chi connectivity index (χ0) is 15.1. The molecular weight excluding hydrogens is 248 g/mol. The number of nitrogens with zero attached hydrogens (tertiary/aromatic N) is 3. The van der Waals surface area contributed by atoms with E-state index in [0.29, 0.717) is 5.92 Å². The summed E-state index contributed by atoms with van der Waals surface area (Å²) in [5, 5.41) is 3.43. The van der Waals surface area contributed by atoms with E-state index in [1.165, 1.54) is 0 Å². The van der Waals surface area contributed by atoms with Crippen LogP contribution in [0.15, 0.2) is 18.3 Å². The lowest BCUT2D eigenvalue weighted by Gasteiger charge is -2.22. The summed E-state index contributed by atoms with van der Waals surface area (Å²) >= 11 is 0. The molecule has 1 heterocycles. The molecule has 20 heavy (non-hydrogen) atoms. The molecule has 0 saturated heterocycles. The topological polar surface area (TPSA) is 41.1 Å². The average molecular weight is 276 g/mol. The number of likely N-dealkylation sites (N-methyl/N-ethyl adjacent to an activating group) is 1. The summed E-state index contributed by atoms with van der Waals surface area (Å²) in [6, 6.07) is 0. The van der Waals surface area contributed by atoms with Gasteiger partial charge in [-0.05, 0) is 19.9 Å². The van der Waals surface area contributed by atoms with Gasteiger partial charge in [0.05, 0.1) is 17.6 Å². The maximum absolute atomic E-state index is 4.73. The molecule has 4 nitrogen and oxygen atoms in total. The second-order valence-corrected chi connectivity index (χ2v) is 5.70. The summed E-state index contributed by atoms with van der Waals surface area (Å²) in [5.41, 5.74) is 3.29. The van der Waals surface area contributed by atoms with Gasteiger partial charge in [-0.1, -0.05) is 32.9 Å². The van der Waals surface area contributed by atoms with E-state index in [4.69, 9.17) is 4.98 Å². The van der Waals surface area contributed by atoms with E-state index in [9.17, 15) is 0 Å². The van der Waals surface area contributed by atoms with Crippen LogP contribution in [0.1, 0.15) is 51.6 Å². The molecular formula is C16H28N4. The van der Waals surface area contributed by atoms with Crippen LogP contribution in [0.2, 0.25) is 0 Å². The summed E-state index contributed by atoms with van der Waals surface area (Å²) < 4.78 is 0. The van der Waals surface area contributed by atoms with Gasteiger partial charge in [-0.25, -0.2) is 9.97 Å². The monoisotopic (exact) mass is 276 g/mol. The minimum atomic E-state index is 0.348. The third-order valence-electron chi connectivity index (χ3n) is 3.02. The van der Waals surface area contributed by atoms with E-state index >= 15 is 0 Å². The number of anilines is 1. The van der Waals surface area contributed by atoms with Crippen molar-refractivity contribution in [1.29, 1.82) is 0 Å². The zero-order valence-corrected chi connectivity index (χ0v) is 13.5. The number of aromatic nitrogens is 2. The molecule has 0 atom stereocenters. The van der Waals surface area contributed by atoms with Crippen molar-refractivity contribution in [2.45, 2.75) is 46.6 Å². The zero-order valence-electron chi connectivity index (χ0n) is 13.5. The first-order valence-corrected chi connectivity index (χ1v) is 7.37. The first-order chi connectivity index (χ1) is 9.45. The third-order valence-corrected chi connectivity index (χ3v) is 3.02. The van der Waals surface area contributed by atoms with Crippen molar-refractivity contribution >= 4 is 5.69 Å². The standard InChI is InChI=1S/C16H28N4/c1-7-8-17-9-14-15(20(6)11-12(2)3)10-18-16(19-14)13(4)5/h10,13,17H,2,7-9,11H2,1,3-6H3. The van der Waals surface area contributed by atoms with E-state index < -0.39 is 0 Å². The predicted octanol–water partition coefficient (Wildman–Crippen LogP) is 3.11. The van der Waals surface area contributed by atoms with Crippen LogP contribution in [0, 0.1) is 0 Å². The maximum atomic E-state index is 4.73. The summed E-state index contributed by atoms with van der Waals surface area (Å²) in [6.07, 6.45) is 3.06. The number of nitrogens with one attached hydrogen (secondary N) is 1. The van der Waals surface area contributed by atoms with Gasteiger partial charge in [-0.3, -0.25) is 0 Å². The molecule has 112 valence electrons. The highest BCUT2D eigenvalue weighted by molar-refractivity contribution is 5.49. The summed E-state index contributed by atoms with van der Waals surface area (Å²) in [4.78, 5) is 11.4. The van der Waals surface area contributed by atoms with Crippen LogP contribution in [-0.2, 0) is 6.54 Å². The molecule has 0 spiro atoms. The minimum Gasteiger partial charge on any atom is -0.368 e. The molecule has 0 saturated carbocycles. The van der Waals surface area contributed by atoms with Crippen LogP contribution in [-0.4, -0.2) is 30.1 Å². The van der Waals surface area contributed by atoms with Gasteiger partial charge in [0.1, 0.15) is 5.82 Å². The largest absolute Gasteiger partial charge is 0.368 e. The van der Waals surface area contributed by atoms with Gasteiger partial charge in [-0.15, -0.1) is 0 Å². The third kappa shape index (κ3) is 4.93. The normalized spacial score (nSPS) is 10.9. The van der Waals surface area contributed by atoms with E-state index in [1.54, 1.807) is 0 Å². The maximum Gasteiger partial charge on any atom is 0.131 e. The van der Waals surface area contributed by atoms with E-state index in [1.807, 2.05) is 13.1 Å². The fourth-order valence-corrected chi connectivity index (χ4v) is 2.03. The van der Waals surface area contributed by atoms with E-state index in [2.05, 4.69) is 49.6 Å². The molecule has 0 aliphatic heterocycles. The summed E-state index contributed by atoms with van der Waals surface area (Å²) in [7, 11) is 2.06. The van der Waals surface area contributed by atoms with Gasteiger partial charge >= 0.3 is 0 Å². The SMILES string of the molecule is C=C(C)CN(C)c1cnc(C(C)C)nc1CNCCC. The lowest BCUT2D eigenvalue weighted by Crippen LogP contribution is -2.24. The van der Waals surface area contributed by atoms with Crippen LogP contribution in [0.25, 0.3) is 0 Å². The molecule has 1 aromatic heterocycles. The van der Waals surface area contributed by atoms with Crippen molar-refractivity contribution in [2.75, 3.05) is 25.0 Å². The molecule has 4 heteroatoms. The summed E-state index contributed by atoms with van der Waals surface area (Å²) in [5.74, 6) is 1.26. The van der Waals surface area contributed by atoms with Crippen molar-refractivity contribution in [2.24, 2.45) is 0 Å². The Bertz CT molecular complexity index is 440. The first-order valence-electron chi connectivity index (χ1n) is 7.37. The van der Waals surface area contributed by atoms with Crippen molar-refractivity contribution < 1.29 is 0 Å².